The maximum atomic E-state index is 13.5. The second-order valence-electron chi connectivity index (χ2n) is 8.19. The summed E-state index contributed by atoms with van der Waals surface area (Å²) in [6.45, 7) is 10.8. The number of hydrogen-bond acceptors (Lipinski definition) is 5. The normalized spacial score (nSPS) is 11.2. The van der Waals surface area contributed by atoms with Crippen molar-refractivity contribution >= 4 is 17.3 Å². The number of anilines is 2. The van der Waals surface area contributed by atoms with Crippen molar-refractivity contribution in [2.75, 3.05) is 51.2 Å². The molecule has 1 amide bonds. The van der Waals surface area contributed by atoms with Gasteiger partial charge < -0.3 is 25.0 Å². The van der Waals surface area contributed by atoms with E-state index in [-0.39, 0.29) is 18.0 Å². The molecule has 6 nitrogen and oxygen atoms in total. The highest BCUT2D eigenvalue weighted by Gasteiger charge is 2.24. The first-order valence-corrected chi connectivity index (χ1v) is 10.9. The summed E-state index contributed by atoms with van der Waals surface area (Å²) in [5, 5.41) is 0. The first-order chi connectivity index (χ1) is 14.8. The van der Waals surface area contributed by atoms with Crippen molar-refractivity contribution in [1.29, 1.82) is 0 Å². The van der Waals surface area contributed by atoms with Crippen LogP contribution in [-0.4, -0.2) is 63.4 Å². The molecule has 0 radical (unpaired) electrons. The standard InChI is InChI=1S/C25H37N3O3/c1-18(2)28(19(3)4)25(29)22-10-8-7-9-21(22)23-17-20(11-12-24(23)26)27(13-15-30-5)14-16-31-6/h7-12,17-19H,13-16,26H2,1-6H3. The number of rotatable bonds is 11. The summed E-state index contributed by atoms with van der Waals surface area (Å²) >= 11 is 0. The third kappa shape index (κ3) is 6.21. The van der Waals surface area contributed by atoms with Crippen LogP contribution in [0.25, 0.3) is 11.1 Å². The van der Waals surface area contributed by atoms with Crippen LogP contribution in [0, 0.1) is 0 Å². The number of amides is 1. The van der Waals surface area contributed by atoms with Crippen molar-refractivity contribution in [3.63, 3.8) is 0 Å². The molecule has 0 aliphatic rings. The van der Waals surface area contributed by atoms with E-state index in [1.807, 2.05) is 69.0 Å². The van der Waals surface area contributed by atoms with Crippen LogP contribution in [0.3, 0.4) is 0 Å². The second kappa shape index (κ2) is 11.7. The van der Waals surface area contributed by atoms with Gasteiger partial charge >= 0.3 is 0 Å². The number of methoxy groups -OCH3 is 2. The molecule has 0 saturated carbocycles. The molecule has 31 heavy (non-hydrogen) atoms. The topological polar surface area (TPSA) is 68.0 Å². The molecular weight excluding hydrogens is 390 g/mol. The Labute approximate surface area is 186 Å². The Balaban J connectivity index is 2.52. The van der Waals surface area contributed by atoms with Gasteiger partial charge in [-0.2, -0.15) is 0 Å². The SMILES string of the molecule is COCCN(CCOC)c1ccc(N)c(-c2ccccc2C(=O)N(C(C)C)C(C)C)c1. The van der Waals surface area contributed by atoms with Crippen molar-refractivity contribution in [2.45, 2.75) is 39.8 Å². The third-order valence-electron chi connectivity index (χ3n) is 5.33. The lowest BCUT2D eigenvalue weighted by Crippen LogP contribution is -2.42. The molecule has 2 aromatic carbocycles. The number of nitrogen functional groups attached to an aromatic ring is 1. The largest absolute Gasteiger partial charge is 0.398 e. The van der Waals surface area contributed by atoms with Gasteiger partial charge in [0.1, 0.15) is 0 Å². The minimum Gasteiger partial charge on any atom is -0.398 e. The highest BCUT2D eigenvalue weighted by atomic mass is 16.5. The van der Waals surface area contributed by atoms with E-state index in [0.29, 0.717) is 24.5 Å². The molecule has 2 rings (SSSR count). The smallest absolute Gasteiger partial charge is 0.254 e. The zero-order chi connectivity index (χ0) is 23.0. The van der Waals surface area contributed by atoms with E-state index in [4.69, 9.17) is 15.2 Å². The average Bonchev–Trinajstić information content (AvgIpc) is 2.74. The van der Waals surface area contributed by atoms with Gasteiger partial charge in [-0.05, 0) is 57.5 Å². The average molecular weight is 428 g/mol. The van der Waals surface area contributed by atoms with Crippen LogP contribution in [-0.2, 0) is 9.47 Å². The summed E-state index contributed by atoms with van der Waals surface area (Å²) in [6.07, 6.45) is 0. The number of benzene rings is 2. The molecule has 0 bridgehead atoms. The Morgan fingerprint density at radius 3 is 2.03 bits per heavy atom. The first-order valence-electron chi connectivity index (χ1n) is 10.9. The molecule has 6 heteroatoms. The van der Waals surface area contributed by atoms with Crippen molar-refractivity contribution in [2.24, 2.45) is 0 Å². The molecule has 0 saturated heterocycles. The highest BCUT2D eigenvalue weighted by Crippen LogP contribution is 2.33. The minimum absolute atomic E-state index is 0.0148. The predicted molar refractivity (Wildman–Crippen MR) is 129 cm³/mol. The van der Waals surface area contributed by atoms with Gasteiger partial charge in [-0.3, -0.25) is 4.79 Å². The number of carbonyl (C=O) groups excluding carboxylic acids is 1. The molecule has 0 aromatic heterocycles. The number of nitrogens with two attached hydrogens (primary N) is 1. The summed E-state index contributed by atoms with van der Waals surface area (Å²) in [4.78, 5) is 17.6. The van der Waals surface area contributed by atoms with Gasteiger partial charge in [0.05, 0.1) is 13.2 Å². The van der Waals surface area contributed by atoms with Gasteiger partial charge in [0.15, 0.2) is 0 Å². The van der Waals surface area contributed by atoms with Crippen LogP contribution in [0.4, 0.5) is 11.4 Å². The van der Waals surface area contributed by atoms with E-state index in [9.17, 15) is 4.79 Å². The summed E-state index contributed by atoms with van der Waals surface area (Å²) in [5.74, 6) is 0.0148. The molecule has 0 unspecified atom stereocenters. The lowest BCUT2D eigenvalue weighted by molar-refractivity contribution is 0.0644. The Morgan fingerprint density at radius 2 is 1.48 bits per heavy atom. The van der Waals surface area contributed by atoms with Gasteiger partial charge in [0, 0.05) is 61.9 Å². The fraction of sp³-hybridized carbons (Fsp3) is 0.480. The fourth-order valence-electron chi connectivity index (χ4n) is 3.86. The Kier molecular flexibility index (Phi) is 9.34. The number of nitrogens with zero attached hydrogens (tertiary/aromatic N) is 2. The molecule has 2 aromatic rings. The first kappa shape index (κ1) is 24.7. The van der Waals surface area contributed by atoms with Crippen molar-refractivity contribution < 1.29 is 14.3 Å². The van der Waals surface area contributed by atoms with Gasteiger partial charge in [-0.15, -0.1) is 0 Å². The summed E-state index contributed by atoms with van der Waals surface area (Å²) < 4.78 is 10.6. The van der Waals surface area contributed by atoms with Crippen LogP contribution < -0.4 is 10.6 Å². The van der Waals surface area contributed by atoms with Crippen molar-refractivity contribution in [3.05, 3.63) is 48.0 Å². The van der Waals surface area contributed by atoms with Crippen LogP contribution in [0.5, 0.6) is 0 Å². The fourth-order valence-corrected chi connectivity index (χ4v) is 3.86. The molecule has 0 spiro atoms. The molecule has 0 heterocycles. The number of ether oxygens (including phenoxy) is 2. The third-order valence-corrected chi connectivity index (χ3v) is 5.33. The minimum atomic E-state index is 0.0148. The number of hydrogen-bond donors (Lipinski definition) is 1. The van der Waals surface area contributed by atoms with Gasteiger partial charge in [0.25, 0.3) is 5.91 Å². The molecule has 0 aliphatic carbocycles. The summed E-state index contributed by atoms with van der Waals surface area (Å²) in [5.41, 5.74) is 10.4. The van der Waals surface area contributed by atoms with Gasteiger partial charge in [-0.25, -0.2) is 0 Å². The van der Waals surface area contributed by atoms with E-state index in [1.165, 1.54) is 0 Å². The van der Waals surface area contributed by atoms with E-state index < -0.39 is 0 Å². The Morgan fingerprint density at radius 1 is 0.903 bits per heavy atom. The van der Waals surface area contributed by atoms with E-state index in [2.05, 4.69) is 11.0 Å². The van der Waals surface area contributed by atoms with Gasteiger partial charge in [0.2, 0.25) is 0 Å². The van der Waals surface area contributed by atoms with E-state index in [1.54, 1.807) is 14.2 Å². The molecule has 0 atom stereocenters. The van der Waals surface area contributed by atoms with E-state index in [0.717, 1.165) is 29.9 Å². The number of carbonyl (C=O) groups is 1. The van der Waals surface area contributed by atoms with Crippen molar-refractivity contribution in [3.8, 4) is 11.1 Å². The predicted octanol–water partition coefficient (Wildman–Crippen LogP) is 4.29. The zero-order valence-electron chi connectivity index (χ0n) is 19.7. The van der Waals surface area contributed by atoms with Gasteiger partial charge in [-0.1, -0.05) is 18.2 Å². The second-order valence-corrected chi connectivity index (χ2v) is 8.19. The monoisotopic (exact) mass is 427 g/mol. The maximum Gasteiger partial charge on any atom is 0.254 e. The molecule has 170 valence electrons. The quantitative estimate of drug-likeness (QED) is 0.542. The zero-order valence-corrected chi connectivity index (χ0v) is 19.7. The lowest BCUT2D eigenvalue weighted by Gasteiger charge is -2.31. The highest BCUT2D eigenvalue weighted by molar-refractivity contribution is 6.02. The Bertz CT molecular complexity index is 836. The van der Waals surface area contributed by atoms with Crippen LogP contribution >= 0.6 is 0 Å². The van der Waals surface area contributed by atoms with Crippen LogP contribution in [0.2, 0.25) is 0 Å². The molecule has 0 aliphatic heterocycles. The van der Waals surface area contributed by atoms with E-state index >= 15 is 0 Å². The summed E-state index contributed by atoms with van der Waals surface area (Å²) in [7, 11) is 3.39. The van der Waals surface area contributed by atoms with Crippen molar-refractivity contribution in [1.82, 2.24) is 4.90 Å². The lowest BCUT2D eigenvalue weighted by atomic mass is 9.96. The molecule has 0 fully saturated rings. The maximum absolute atomic E-state index is 13.5. The van der Waals surface area contributed by atoms with Crippen LogP contribution in [0.1, 0.15) is 38.1 Å². The van der Waals surface area contributed by atoms with Crippen LogP contribution in [0.15, 0.2) is 42.5 Å². The Hall–Kier alpha value is -2.57. The summed E-state index contributed by atoms with van der Waals surface area (Å²) in [6, 6.07) is 13.9. The molecule has 2 N–H and O–H groups in total. The molecular formula is C25H37N3O3.